The number of rotatable bonds is 5. The van der Waals surface area contributed by atoms with Crippen molar-refractivity contribution in [2.24, 2.45) is 5.73 Å². The lowest BCUT2D eigenvalue weighted by Crippen LogP contribution is -2.53. The molecular weight excluding hydrogens is 306 g/mol. The highest BCUT2D eigenvalue weighted by Crippen LogP contribution is 2.31. The van der Waals surface area contributed by atoms with Crippen LogP contribution in [0.5, 0.6) is 0 Å². The molecule has 1 saturated heterocycles. The fourth-order valence-corrected chi connectivity index (χ4v) is 3.32. The molecule has 0 aromatic heterocycles. The van der Waals surface area contributed by atoms with Gasteiger partial charge >= 0.3 is 6.09 Å². The number of hydrogen-bond donors (Lipinski definition) is 1. The van der Waals surface area contributed by atoms with Gasteiger partial charge in [0.1, 0.15) is 6.61 Å². The van der Waals surface area contributed by atoms with Gasteiger partial charge in [-0.1, -0.05) is 30.3 Å². The Balaban J connectivity index is 1.56. The van der Waals surface area contributed by atoms with Gasteiger partial charge in [0.2, 0.25) is 5.91 Å². The quantitative estimate of drug-likeness (QED) is 0.892. The number of piperidine rings is 1. The SMILES string of the molecule is NCC(=O)N(C1CC1)[C@@H]1CCCN(C(=O)OCc2ccccc2)C1. The van der Waals surface area contributed by atoms with Crippen LogP contribution in [-0.2, 0) is 16.1 Å². The average Bonchev–Trinajstić information content (AvgIpc) is 3.45. The largest absolute Gasteiger partial charge is 0.445 e. The molecule has 1 aromatic rings. The minimum absolute atomic E-state index is 0.0120. The molecule has 2 amide bonds. The van der Waals surface area contributed by atoms with Crippen molar-refractivity contribution in [2.45, 2.75) is 44.4 Å². The predicted molar refractivity (Wildman–Crippen MR) is 90.1 cm³/mol. The van der Waals surface area contributed by atoms with E-state index in [4.69, 9.17) is 10.5 Å². The first kappa shape index (κ1) is 16.8. The first-order valence-electron chi connectivity index (χ1n) is 8.66. The van der Waals surface area contributed by atoms with Crippen molar-refractivity contribution >= 4 is 12.0 Å². The van der Waals surface area contributed by atoms with E-state index in [0.717, 1.165) is 31.2 Å². The summed E-state index contributed by atoms with van der Waals surface area (Å²) in [7, 11) is 0. The van der Waals surface area contributed by atoms with Crippen LogP contribution in [0.15, 0.2) is 30.3 Å². The van der Waals surface area contributed by atoms with E-state index in [1.54, 1.807) is 4.90 Å². The molecule has 1 saturated carbocycles. The van der Waals surface area contributed by atoms with E-state index in [2.05, 4.69) is 0 Å². The number of nitrogens with zero attached hydrogens (tertiary/aromatic N) is 2. The summed E-state index contributed by atoms with van der Waals surface area (Å²) in [5, 5.41) is 0. The smallest absolute Gasteiger partial charge is 0.410 e. The van der Waals surface area contributed by atoms with Gasteiger partial charge in [-0.25, -0.2) is 4.79 Å². The molecular formula is C18H25N3O3. The molecule has 6 heteroatoms. The van der Waals surface area contributed by atoms with Gasteiger partial charge in [-0.05, 0) is 31.2 Å². The third-order valence-corrected chi connectivity index (χ3v) is 4.66. The van der Waals surface area contributed by atoms with E-state index < -0.39 is 0 Å². The molecule has 3 rings (SSSR count). The predicted octanol–water partition coefficient (Wildman–Crippen LogP) is 1.74. The van der Waals surface area contributed by atoms with Gasteiger partial charge in [-0.15, -0.1) is 0 Å². The normalized spacial score (nSPS) is 20.5. The van der Waals surface area contributed by atoms with Crippen LogP contribution in [0.3, 0.4) is 0 Å². The Hall–Kier alpha value is -2.08. The molecule has 2 aliphatic rings. The number of carbonyl (C=O) groups excluding carboxylic acids is 2. The van der Waals surface area contributed by atoms with Gasteiger partial charge in [0.05, 0.1) is 6.54 Å². The summed E-state index contributed by atoms with van der Waals surface area (Å²) in [6, 6.07) is 10.0. The van der Waals surface area contributed by atoms with Crippen molar-refractivity contribution in [3.63, 3.8) is 0 Å². The molecule has 24 heavy (non-hydrogen) atoms. The van der Waals surface area contributed by atoms with E-state index in [1.165, 1.54) is 0 Å². The van der Waals surface area contributed by atoms with E-state index in [0.29, 0.717) is 19.1 Å². The summed E-state index contributed by atoms with van der Waals surface area (Å²) >= 11 is 0. The molecule has 0 radical (unpaired) electrons. The Morgan fingerprint density at radius 1 is 1.17 bits per heavy atom. The summed E-state index contributed by atoms with van der Waals surface area (Å²) in [4.78, 5) is 28.1. The van der Waals surface area contributed by atoms with Crippen LogP contribution in [-0.4, -0.2) is 53.5 Å². The lowest BCUT2D eigenvalue weighted by atomic mass is 10.0. The van der Waals surface area contributed by atoms with Gasteiger partial charge in [0, 0.05) is 25.2 Å². The van der Waals surface area contributed by atoms with Crippen LogP contribution in [0.25, 0.3) is 0 Å². The van der Waals surface area contributed by atoms with Crippen molar-refractivity contribution in [1.82, 2.24) is 9.80 Å². The maximum atomic E-state index is 12.3. The summed E-state index contributed by atoms with van der Waals surface area (Å²) in [5.74, 6) is -0.0120. The molecule has 6 nitrogen and oxygen atoms in total. The van der Waals surface area contributed by atoms with Crippen LogP contribution in [0.2, 0.25) is 0 Å². The zero-order valence-corrected chi connectivity index (χ0v) is 13.9. The van der Waals surface area contributed by atoms with Crippen LogP contribution in [0, 0.1) is 0 Å². The van der Waals surface area contributed by atoms with Gasteiger partial charge in [-0.3, -0.25) is 4.79 Å². The Kier molecular flexibility index (Phi) is 5.35. The van der Waals surface area contributed by atoms with E-state index in [9.17, 15) is 9.59 Å². The molecule has 1 heterocycles. The second-order valence-electron chi connectivity index (χ2n) is 6.52. The first-order valence-corrected chi connectivity index (χ1v) is 8.66. The first-order chi connectivity index (χ1) is 11.7. The zero-order chi connectivity index (χ0) is 16.9. The van der Waals surface area contributed by atoms with Crippen LogP contribution in [0.1, 0.15) is 31.2 Å². The van der Waals surface area contributed by atoms with Crippen molar-refractivity contribution in [3.8, 4) is 0 Å². The van der Waals surface area contributed by atoms with Crippen molar-refractivity contribution in [1.29, 1.82) is 0 Å². The van der Waals surface area contributed by atoms with E-state index in [1.807, 2.05) is 35.2 Å². The number of amides is 2. The third kappa shape index (κ3) is 4.06. The van der Waals surface area contributed by atoms with Crippen LogP contribution >= 0.6 is 0 Å². The van der Waals surface area contributed by atoms with E-state index in [-0.39, 0.29) is 31.2 Å². The molecule has 0 bridgehead atoms. The number of nitrogens with two attached hydrogens (primary N) is 1. The molecule has 2 fully saturated rings. The lowest BCUT2D eigenvalue weighted by Gasteiger charge is -2.39. The summed E-state index contributed by atoms with van der Waals surface area (Å²) in [6.45, 7) is 1.52. The topological polar surface area (TPSA) is 75.9 Å². The Morgan fingerprint density at radius 2 is 1.92 bits per heavy atom. The molecule has 2 N–H and O–H groups in total. The minimum Gasteiger partial charge on any atom is -0.445 e. The lowest BCUT2D eigenvalue weighted by molar-refractivity contribution is -0.133. The van der Waals surface area contributed by atoms with Crippen LogP contribution < -0.4 is 5.73 Å². The number of benzene rings is 1. The van der Waals surface area contributed by atoms with Gasteiger partial charge in [-0.2, -0.15) is 0 Å². The number of carbonyl (C=O) groups is 2. The highest BCUT2D eigenvalue weighted by Gasteiger charge is 2.39. The maximum absolute atomic E-state index is 12.3. The van der Waals surface area contributed by atoms with Gasteiger partial charge in [0.15, 0.2) is 0 Å². The van der Waals surface area contributed by atoms with Crippen molar-refractivity contribution in [3.05, 3.63) is 35.9 Å². The Bertz CT molecular complexity index is 574. The highest BCUT2D eigenvalue weighted by atomic mass is 16.6. The van der Waals surface area contributed by atoms with Gasteiger partial charge < -0.3 is 20.3 Å². The number of hydrogen-bond acceptors (Lipinski definition) is 4. The second kappa shape index (κ2) is 7.66. The van der Waals surface area contributed by atoms with Crippen molar-refractivity contribution in [2.75, 3.05) is 19.6 Å². The molecule has 130 valence electrons. The number of likely N-dealkylation sites (tertiary alicyclic amines) is 1. The molecule has 0 unspecified atom stereocenters. The average molecular weight is 331 g/mol. The van der Waals surface area contributed by atoms with E-state index >= 15 is 0 Å². The zero-order valence-electron chi connectivity index (χ0n) is 13.9. The molecule has 1 aliphatic carbocycles. The monoisotopic (exact) mass is 331 g/mol. The minimum atomic E-state index is -0.306. The Morgan fingerprint density at radius 3 is 2.58 bits per heavy atom. The molecule has 1 aromatic carbocycles. The van der Waals surface area contributed by atoms with Crippen LogP contribution in [0.4, 0.5) is 4.79 Å². The third-order valence-electron chi connectivity index (χ3n) is 4.66. The summed E-state index contributed by atoms with van der Waals surface area (Å²) in [6.07, 6.45) is 3.58. The molecule has 0 spiro atoms. The fourth-order valence-electron chi connectivity index (χ4n) is 3.32. The standard InChI is InChI=1S/C18H25N3O3/c19-11-17(22)21(15-8-9-15)16-7-4-10-20(12-16)18(23)24-13-14-5-2-1-3-6-14/h1-3,5-6,15-16H,4,7-13,19H2/t16-/m1/s1. The fraction of sp³-hybridized carbons (Fsp3) is 0.556. The molecule has 1 aliphatic heterocycles. The highest BCUT2D eigenvalue weighted by molar-refractivity contribution is 5.79. The van der Waals surface area contributed by atoms with Gasteiger partial charge in [0.25, 0.3) is 0 Å². The van der Waals surface area contributed by atoms with Crippen molar-refractivity contribution < 1.29 is 14.3 Å². The maximum Gasteiger partial charge on any atom is 0.410 e. The Labute approximate surface area is 142 Å². The molecule has 1 atom stereocenters. The summed E-state index contributed by atoms with van der Waals surface area (Å²) in [5.41, 5.74) is 6.53. The second-order valence-corrected chi connectivity index (χ2v) is 6.52. The number of ether oxygens (including phenoxy) is 1. The summed E-state index contributed by atoms with van der Waals surface area (Å²) < 4.78 is 5.42.